The quantitative estimate of drug-likeness (QED) is 0.808. The van der Waals surface area contributed by atoms with E-state index >= 15 is 0 Å². The van der Waals surface area contributed by atoms with Crippen LogP contribution in [0.25, 0.3) is 0 Å². The summed E-state index contributed by atoms with van der Waals surface area (Å²) in [6.45, 7) is 9.72. The van der Waals surface area contributed by atoms with E-state index in [2.05, 4.69) is 58.5 Å². The molecule has 1 aromatic carbocycles. The Kier molecular flexibility index (Phi) is 6.65. The highest BCUT2D eigenvalue weighted by atomic mass is 16.1. The minimum Gasteiger partial charge on any atom is -0.352 e. The first-order valence-corrected chi connectivity index (χ1v) is 9.70. The molecule has 0 aromatic heterocycles. The van der Waals surface area contributed by atoms with Gasteiger partial charge in [-0.25, -0.2) is 0 Å². The zero-order chi connectivity index (χ0) is 17.5. The SMILES string of the molecule is CCN1CCN(Cc2ccc(CNC(=O)C3CC=CCC3)cc2)CC1. The van der Waals surface area contributed by atoms with Gasteiger partial charge in [0.2, 0.25) is 5.91 Å². The summed E-state index contributed by atoms with van der Waals surface area (Å²) < 4.78 is 0. The maximum Gasteiger partial charge on any atom is 0.223 e. The summed E-state index contributed by atoms with van der Waals surface area (Å²) in [5, 5.41) is 3.09. The van der Waals surface area contributed by atoms with E-state index in [1.54, 1.807) is 0 Å². The topological polar surface area (TPSA) is 35.6 Å². The van der Waals surface area contributed by atoms with E-state index in [1.807, 2.05) is 0 Å². The van der Waals surface area contributed by atoms with Crippen molar-refractivity contribution >= 4 is 5.91 Å². The maximum absolute atomic E-state index is 12.2. The van der Waals surface area contributed by atoms with Crippen LogP contribution in [-0.4, -0.2) is 48.4 Å². The number of carbonyl (C=O) groups excluding carboxylic acids is 1. The molecule has 1 atom stereocenters. The maximum atomic E-state index is 12.2. The van der Waals surface area contributed by atoms with Gasteiger partial charge in [-0.3, -0.25) is 9.69 Å². The number of piperazine rings is 1. The highest BCUT2D eigenvalue weighted by molar-refractivity contribution is 5.78. The van der Waals surface area contributed by atoms with Crippen molar-refractivity contribution < 1.29 is 4.79 Å². The van der Waals surface area contributed by atoms with Gasteiger partial charge in [-0.1, -0.05) is 43.3 Å². The molecular formula is C21H31N3O. The fourth-order valence-corrected chi connectivity index (χ4v) is 3.65. The van der Waals surface area contributed by atoms with Crippen molar-refractivity contribution in [1.82, 2.24) is 15.1 Å². The predicted molar refractivity (Wildman–Crippen MR) is 102 cm³/mol. The van der Waals surface area contributed by atoms with Crippen molar-refractivity contribution in [3.05, 3.63) is 47.5 Å². The highest BCUT2D eigenvalue weighted by Gasteiger charge is 2.18. The van der Waals surface area contributed by atoms with E-state index in [0.717, 1.165) is 45.4 Å². The number of hydrogen-bond acceptors (Lipinski definition) is 3. The summed E-state index contributed by atoms with van der Waals surface area (Å²) in [6.07, 6.45) is 7.19. The average Bonchev–Trinajstić information content (AvgIpc) is 2.68. The molecule has 1 N–H and O–H groups in total. The van der Waals surface area contributed by atoms with Crippen molar-refractivity contribution in [2.75, 3.05) is 32.7 Å². The van der Waals surface area contributed by atoms with Crippen LogP contribution in [0.5, 0.6) is 0 Å². The number of amides is 1. The number of nitrogens with one attached hydrogen (secondary N) is 1. The molecule has 25 heavy (non-hydrogen) atoms. The van der Waals surface area contributed by atoms with Crippen molar-refractivity contribution in [3.63, 3.8) is 0 Å². The zero-order valence-corrected chi connectivity index (χ0v) is 15.4. The monoisotopic (exact) mass is 341 g/mol. The van der Waals surface area contributed by atoms with Gasteiger partial charge < -0.3 is 10.2 Å². The van der Waals surface area contributed by atoms with E-state index in [0.29, 0.717) is 6.54 Å². The molecule has 4 heteroatoms. The van der Waals surface area contributed by atoms with Gasteiger partial charge >= 0.3 is 0 Å². The van der Waals surface area contributed by atoms with Gasteiger partial charge in [-0.15, -0.1) is 0 Å². The van der Waals surface area contributed by atoms with Crippen molar-refractivity contribution in [1.29, 1.82) is 0 Å². The first-order chi connectivity index (χ1) is 12.2. The molecule has 0 radical (unpaired) electrons. The molecule has 4 nitrogen and oxygen atoms in total. The second-order valence-electron chi connectivity index (χ2n) is 7.23. The molecule has 0 bridgehead atoms. The second kappa shape index (κ2) is 9.16. The Labute approximate surface area is 151 Å². The molecule has 136 valence electrons. The van der Waals surface area contributed by atoms with Crippen molar-refractivity contribution in [3.8, 4) is 0 Å². The lowest BCUT2D eigenvalue weighted by atomic mass is 9.93. The second-order valence-corrected chi connectivity index (χ2v) is 7.23. The number of nitrogens with zero attached hydrogens (tertiary/aromatic N) is 2. The Bertz CT molecular complexity index is 573. The van der Waals surface area contributed by atoms with Gasteiger partial charge in [0, 0.05) is 45.2 Å². The summed E-state index contributed by atoms with van der Waals surface area (Å²) in [5.41, 5.74) is 2.54. The molecule has 1 aromatic rings. The third-order valence-corrected chi connectivity index (χ3v) is 5.45. The molecule has 0 saturated carbocycles. The lowest BCUT2D eigenvalue weighted by Crippen LogP contribution is -2.45. The molecule has 1 aliphatic carbocycles. The normalized spacial score (nSPS) is 22.0. The summed E-state index contributed by atoms with van der Waals surface area (Å²) >= 11 is 0. The van der Waals surface area contributed by atoms with Gasteiger partial charge in [0.1, 0.15) is 0 Å². The molecule has 3 rings (SSSR count). The Morgan fingerprint density at radius 2 is 1.72 bits per heavy atom. The highest BCUT2D eigenvalue weighted by Crippen LogP contribution is 2.18. The fraction of sp³-hybridized carbons (Fsp3) is 0.571. The standard InChI is InChI=1S/C21H31N3O/c1-2-23-12-14-24(15-13-23)17-19-10-8-18(9-11-19)16-22-21(25)20-6-4-3-5-7-20/h3-4,8-11,20H,2,5-7,12-17H2,1H3,(H,22,25). The number of allylic oxidation sites excluding steroid dienone is 2. The minimum absolute atomic E-state index is 0.158. The van der Waals surface area contributed by atoms with Crippen LogP contribution in [0.2, 0.25) is 0 Å². The average molecular weight is 341 g/mol. The Hall–Kier alpha value is -1.65. The summed E-state index contributed by atoms with van der Waals surface area (Å²) in [4.78, 5) is 17.2. The summed E-state index contributed by atoms with van der Waals surface area (Å²) in [7, 11) is 0. The fourth-order valence-electron chi connectivity index (χ4n) is 3.65. The van der Waals surface area contributed by atoms with Crippen LogP contribution in [0.1, 0.15) is 37.3 Å². The molecule has 1 saturated heterocycles. The Morgan fingerprint density at radius 3 is 2.36 bits per heavy atom. The Morgan fingerprint density at radius 1 is 1.04 bits per heavy atom. The van der Waals surface area contributed by atoms with Crippen LogP contribution in [0.3, 0.4) is 0 Å². The Balaban J connectivity index is 1.42. The van der Waals surface area contributed by atoms with Gasteiger partial charge in [0.15, 0.2) is 0 Å². The van der Waals surface area contributed by atoms with Crippen molar-refractivity contribution in [2.24, 2.45) is 5.92 Å². The van der Waals surface area contributed by atoms with Crippen LogP contribution in [0, 0.1) is 5.92 Å². The molecule has 1 amide bonds. The summed E-state index contributed by atoms with van der Waals surface area (Å²) in [6, 6.07) is 8.71. The lowest BCUT2D eigenvalue weighted by Gasteiger charge is -2.34. The van der Waals surface area contributed by atoms with E-state index < -0.39 is 0 Å². The van der Waals surface area contributed by atoms with Crippen LogP contribution in [0.4, 0.5) is 0 Å². The molecule has 2 aliphatic rings. The summed E-state index contributed by atoms with van der Waals surface area (Å²) in [5.74, 6) is 0.355. The number of likely N-dealkylation sites (N-methyl/N-ethyl adjacent to an activating group) is 1. The van der Waals surface area contributed by atoms with Crippen LogP contribution in [0.15, 0.2) is 36.4 Å². The van der Waals surface area contributed by atoms with Gasteiger partial charge in [0.25, 0.3) is 0 Å². The first-order valence-electron chi connectivity index (χ1n) is 9.70. The zero-order valence-electron chi connectivity index (χ0n) is 15.4. The molecular weight excluding hydrogens is 310 g/mol. The molecule has 1 aliphatic heterocycles. The largest absolute Gasteiger partial charge is 0.352 e. The molecule has 1 fully saturated rings. The van der Waals surface area contributed by atoms with E-state index in [1.165, 1.54) is 24.2 Å². The van der Waals surface area contributed by atoms with E-state index in [-0.39, 0.29) is 11.8 Å². The van der Waals surface area contributed by atoms with Crippen LogP contribution in [-0.2, 0) is 17.9 Å². The molecule has 1 heterocycles. The van der Waals surface area contributed by atoms with Gasteiger partial charge in [-0.2, -0.15) is 0 Å². The number of carbonyl (C=O) groups is 1. The third-order valence-electron chi connectivity index (χ3n) is 5.45. The van der Waals surface area contributed by atoms with Crippen LogP contribution >= 0.6 is 0 Å². The number of benzene rings is 1. The third kappa shape index (κ3) is 5.41. The number of rotatable bonds is 6. The van der Waals surface area contributed by atoms with Crippen LogP contribution < -0.4 is 5.32 Å². The van der Waals surface area contributed by atoms with E-state index in [9.17, 15) is 4.79 Å². The predicted octanol–water partition coefficient (Wildman–Crippen LogP) is 2.80. The van der Waals surface area contributed by atoms with E-state index in [4.69, 9.17) is 0 Å². The van der Waals surface area contributed by atoms with Gasteiger partial charge in [-0.05, 0) is 36.9 Å². The minimum atomic E-state index is 0.158. The smallest absolute Gasteiger partial charge is 0.223 e. The van der Waals surface area contributed by atoms with Crippen molar-refractivity contribution in [2.45, 2.75) is 39.3 Å². The number of hydrogen-bond donors (Lipinski definition) is 1. The lowest BCUT2D eigenvalue weighted by molar-refractivity contribution is -0.125. The van der Waals surface area contributed by atoms with Gasteiger partial charge in [0.05, 0.1) is 0 Å². The first kappa shape index (κ1) is 18.2. The molecule has 1 unspecified atom stereocenters. The molecule has 0 spiro atoms.